The van der Waals surface area contributed by atoms with Gasteiger partial charge in [-0.25, -0.2) is 0 Å². The molecule has 2 N–H and O–H groups in total. The van der Waals surface area contributed by atoms with Gasteiger partial charge in [0.2, 0.25) is 0 Å². The lowest BCUT2D eigenvalue weighted by atomic mass is 9.93. The number of amides is 1. The molecule has 1 atom stereocenters. The van der Waals surface area contributed by atoms with Crippen molar-refractivity contribution in [2.45, 2.75) is 26.4 Å². The molecule has 156 valence electrons. The fourth-order valence-corrected chi connectivity index (χ4v) is 4.81. The number of H-pyrrole nitrogens is 1. The molecule has 1 amide bonds. The Morgan fingerprint density at radius 3 is 2.74 bits per heavy atom. The van der Waals surface area contributed by atoms with Crippen molar-refractivity contribution in [3.05, 3.63) is 93.0 Å². The highest BCUT2D eigenvalue weighted by atomic mass is 79.9. The van der Waals surface area contributed by atoms with Crippen LogP contribution in [0, 0.1) is 13.8 Å². The monoisotopic (exact) mass is 477 g/mol. The van der Waals surface area contributed by atoms with Gasteiger partial charge in [0.05, 0.1) is 18.8 Å². The van der Waals surface area contributed by atoms with E-state index in [4.69, 9.17) is 4.42 Å². The molecule has 4 aromatic rings. The van der Waals surface area contributed by atoms with Crippen molar-refractivity contribution in [3.63, 3.8) is 0 Å². The van der Waals surface area contributed by atoms with Crippen LogP contribution in [-0.4, -0.2) is 26.1 Å². The average Bonchev–Trinajstić information content (AvgIpc) is 3.42. The number of aromatic nitrogens is 2. The predicted octanol–water partition coefficient (Wildman–Crippen LogP) is 5.50. The number of phenolic OH excluding ortho intramolecular Hbond substituents is 1. The molecule has 3 heterocycles. The second-order valence-electron chi connectivity index (χ2n) is 7.81. The van der Waals surface area contributed by atoms with Gasteiger partial charge in [-0.3, -0.25) is 9.89 Å². The molecule has 0 spiro atoms. The molecular weight excluding hydrogens is 458 g/mol. The topological polar surface area (TPSA) is 82.4 Å². The third kappa shape index (κ3) is 3.25. The molecule has 2 aromatic carbocycles. The molecule has 5 rings (SSSR count). The Labute approximate surface area is 187 Å². The van der Waals surface area contributed by atoms with Gasteiger partial charge in [-0.05, 0) is 60.9 Å². The maximum absolute atomic E-state index is 13.4. The Kier molecular flexibility index (Phi) is 4.70. The molecule has 1 aliphatic rings. The number of benzene rings is 2. The quantitative estimate of drug-likeness (QED) is 0.406. The van der Waals surface area contributed by atoms with E-state index in [0.29, 0.717) is 29.3 Å². The van der Waals surface area contributed by atoms with Gasteiger partial charge >= 0.3 is 0 Å². The number of halogens is 1. The number of furan rings is 1. The van der Waals surface area contributed by atoms with Crippen molar-refractivity contribution in [2.75, 3.05) is 0 Å². The minimum Gasteiger partial charge on any atom is -0.507 e. The van der Waals surface area contributed by atoms with Crippen molar-refractivity contribution in [3.8, 4) is 17.0 Å². The summed E-state index contributed by atoms with van der Waals surface area (Å²) < 4.78 is 6.44. The first kappa shape index (κ1) is 19.6. The molecule has 0 saturated carbocycles. The van der Waals surface area contributed by atoms with E-state index in [1.165, 1.54) is 0 Å². The van der Waals surface area contributed by atoms with Crippen molar-refractivity contribution < 1.29 is 14.3 Å². The zero-order chi connectivity index (χ0) is 21.7. The summed E-state index contributed by atoms with van der Waals surface area (Å²) in [5.41, 5.74) is 5.23. The van der Waals surface area contributed by atoms with Crippen LogP contribution in [0.2, 0.25) is 0 Å². The number of aryl methyl sites for hydroxylation is 2. The highest BCUT2D eigenvalue weighted by Gasteiger charge is 2.43. The summed E-state index contributed by atoms with van der Waals surface area (Å²) in [6, 6.07) is 14.9. The fourth-order valence-electron chi connectivity index (χ4n) is 4.40. The van der Waals surface area contributed by atoms with Gasteiger partial charge in [0.1, 0.15) is 22.9 Å². The number of carbonyl (C=O) groups is 1. The van der Waals surface area contributed by atoms with Gasteiger partial charge in [0, 0.05) is 15.6 Å². The molecule has 0 fully saturated rings. The average molecular weight is 478 g/mol. The van der Waals surface area contributed by atoms with Crippen LogP contribution in [0.1, 0.15) is 44.5 Å². The van der Waals surface area contributed by atoms with E-state index in [9.17, 15) is 9.90 Å². The Hall–Kier alpha value is -3.32. The van der Waals surface area contributed by atoms with E-state index in [1.807, 2.05) is 56.3 Å². The van der Waals surface area contributed by atoms with Crippen molar-refractivity contribution in [2.24, 2.45) is 0 Å². The van der Waals surface area contributed by atoms with Crippen LogP contribution in [-0.2, 0) is 6.54 Å². The number of rotatable bonds is 4. The molecule has 0 bridgehead atoms. The maximum Gasteiger partial charge on any atom is 0.273 e. The van der Waals surface area contributed by atoms with E-state index in [-0.39, 0.29) is 17.7 Å². The third-order valence-corrected chi connectivity index (χ3v) is 6.12. The van der Waals surface area contributed by atoms with Gasteiger partial charge in [-0.1, -0.05) is 34.1 Å². The molecule has 7 heteroatoms. The van der Waals surface area contributed by atoms with E-state index < -0.39 is 0 Å². The summed E-state index contributed by atoms with van der Waals surface area (Å²) in [4.78, 5) is 15.2. The minimum atomic E-state index is -0.376. The largest absolute Gasteiger partial charge is 0.507 e. The number of hydrogen-bond donors (Lipinski definition) is 2. The summed E-state index contributed by atoms with van der Waals surface area (Å²) in [5, 5.41) is 18.1. The number of aromatic hydroxyl groups is 1. The highest BCUT2D eigenvalue weighted by molar-refractivity contribution is 9.10. The smallest absolute Gasteiger partial charge is 0.273 e. The predicted molar refractivity (Wildman–Crippen MR) is 120 cm³/mol. The molecule has 0 radical (unpaired) electrons. The maximum atomic E-state index is 13.4. The van der Waals surface area contributed by atoms with Crippen molar-refractivity contribution in [1.82, 2.24) is 15.1 Å². The van der Waals surface area contributed by atoms with Gasteiger partial charge in [0.15, 0.2) is 0 Å². The van der Waals surface area contributed by atoms with Crippen LogP contribution in [0.5, 0.6) is 5.75 Å². The molecule has 31 heavy (non-hydrogen) atoms. The van der Waals surface area contributed by atoms with Crippen LogP contribution in [0.4, 0.5) is 0 Å². The van der Waals surface area contributed by atoms with Gasteiger partial charge < -0.3 is 14.4 Å². The Morgan fingerprint density at radius 1 is 1.19 bits per heavy atom. The van der Waals surface area contributed by atoms with E-state index in [2.05, 4.69) is 26.1 Å². The van der Waals surface area contributed by atoms with Gasteiger partial charge in [-0.15, -0.1) is 0 Å². The molecule has 2 aromatic heterocycles. The number of nitrogens with zero attached hydrogens (tertiary/aromatic N) is 2. The summed E-state index contributed by atoms with van der Waals surface area (Å²) in [7, 11) is 0. The molecule has 0 saturated heterocycles. The molecule has 6 nitrogen and oxygen atoms in total. The summed E-state index contributed by atoms with van der Waals surface area (Å²) in [6.07, 6.45) is 1.60. The number of carbonyl (C=O) groups excluding carboxylic acids is 1. The summed E-state index contributed by atoms with van der Waals surface area (Å²) >= 11 is 3.54. The van der Waals surface area contributed by atoms with Crippen molar-refractivity contribution in [1.29, 1.82) is 0 Å². The van der Waals surface area contributed by atoms with E-state index >= 15 is 0 Å². The first-order valence-electron chi connectivity index (χ1n) is 9.91. The standard InChI is InChI=1S/C24H20BrN3O3/c1-13-9-14(2)19(18(29)10-13)21-20-22(27-26-21)24(30)28(12-17-7-4-8-31-17)23(20)15-5-3-6-16(25)11-15/h3-11,23,29H,12H2,1-2H3,(H,26,27)/t23-/m0/s1. The molecule has 0 unspecified atom stereocenters. The van der Waals surface area contributed by atoms with Crippen LogP contribution in [0.3, 0.4) is 0 Å². The lowest BCUT2D eigenvalue weighted by Crippen LogP contribution is -2.29. The fraction of sp³-hybridized carbons (Fsp3) is 0.167. The normalized spacial score (nSPS) is 15.5. The van der Waals surface area contributed by atoms with Crippen LogP contribution in [0.25, 0.3) is 11.3 Å². The van der Waals surface area contributed by atoms with E-state index in [0.717, 1.165) is 26.7 Å². The van der Waals surface area contributed by atoms with Crippen LogP contribution in [0.15, 0.2) is 63.7 Å². The first-order chi connectivity index (χ1) is 14.9. The highest BCUT2D eigenvalue weighted by Crippen LogP contribution is 2.46. The van der Waals surface area contributed by atoms with Crippen LogP contribution < -0.4 is 0 Å². The van der Waals surface area contributed by atoms with Crippen LogP contribution >= 0.6 is 15.9 Å². The first-order valence-corrected chi connectivity index (χ1v) is 10.7. The summed E-state index contributed by atoms with van der Waals surface area (Å²) in [6.45, 7) is 4.20. The van der Waals surface area contributed by atoms with E-state index in [1.54, 1.807) is 17.2 Å². The molecular formula is C24H20BrN3O3. The van der Waals surface area contributed by atoms with Gasteiger partial charge in [-0.2, -0.15) is 5.10 Å². The SMILES string of the molecule is Cc1cc(C)c(-c2n[nH]c3c2[C@H](c2cccc(Br)c2)N(Cc2ccco2)C3=O)c(O)c1. The number of phenols is 1. The third-order valence-electron chi connectivity index (χ3n) is 5.63. The minimum absolute atomic E-state index is 0.150. The second kappa shape index (κ2) is 7.42. The Balaban J connectivity index is 1.71. The Bertz CT molecular complexity index is 1270. The Morgan fingerprint density at radius 2 is 2.03 bits per heavy atom. The molecule has 1 aliphatic heterocycles. The molecule has 0 aliphatic carbocycles. The number of nitrogens with one attached hydrogen (secondary N) is 1. The van der Waals surface area contributed by atoms with Crippen molar-refractivity contribution >= 4 is 21.8 Å². The zero-order valence-electron chi connectivity index (χ0n) is 17.0. The second-order valence-corrected chi connectivity index (χ2v) is 8.72. The van der Waals surface area contributed by atoms with Gasteiger partial charge in [0.25, 0.3) is 5.91 Å². The zero-order valence-corrected chi connectivity index (χ0v) is 18.6. The lowest BCUT2D eigenvalue weighted by Gasteiger charge is -2.26. The summed E-state index contributed by atoms with van der Waals surface area (Å²) in [5.74, 6) is 0.693. The number of hydrogen-bond acceptors (Lipinski definition) is 4. The number of fused-ring (bicyclic) bond motifs is 1. The lowest BCUT2D eigenvalue weighted by molar-refractivity contribution is 0.0717. The number of aromatic amines is 1.